The Kier molecular flexibility index (Phi) is 4.04. The molecule has 0 saturated heterocycles. The second kappa shape index (κ2) is 5.90. The van der Waals surface area contributed by atoms with Crippen molar-refractivity contribution in [1.29, 1.82) is 0 Å². The summed E-state index contributed by atoms with van der Waals surface area (Å²) in [6, 6.07) is 7.89. The van der Waals surface area contributed by atoms with Gasteiger partial charge in [0, 0.05) is 12.3 Å². The predicted octanol–water partition coefficient (Wildman–Crippen LogP) is 0.237. The van der Waals surface area contributed by atoms with E-state index in [1.165, 1.54) is 0 Å². The number of aliphatic carboxylic acids is 2. The molecule has 2 fully saturated rings. The van der Waals surface area contributed by atoms with Gasteiger partial charge in [0.15, 0.2) is 0 Å². The summed E-state index contributed by atoms with van der Waals surface area (Å²) in [4.78, 5) is 35.2. The number of hydrogen-bond donors (Lipinski definition) is 4. The van der Waals surface area contributed by atoms with Crippen LogP contribution < -0.4 is 11.1 Å². The van der Waals surface area contributed by atoms with Crippen LogP contribution in [0.3, 0.4) is 0 Å². The summed E-state index contributed by atoms with van der Waals surface area (Å²) >= 11 is 0. The number of benzene rings is 1. The van der Waals surface area contributed by atoms with E-state index in [-0.39, 0.29) is 12.3 Å². The van der Waals surface area contributed by atoms with E-state index in [9.17, 15) is 19.5 Å². The van der Waals surface area contributed by atoms with Gasteiger partial charge in [0.25, 0.3) is 0 Å². The third-order valence-electron chi connectivity index (χ3n) is 5.25. The number of amides is 1. The van der Waals surface area contributed by atoms with Gasteiger partial charge in [-0.05, 0) is 24.3 Å². The van der Waals surface area contributed by atoms with E-state index >= 15 is 0 Å². The van der Waals surface area contributed by atoms with Crippen LogP contribution in [0.2, 0.25) is 0 Å². The largest absolute Gasteiger partial charge is 0.481 e. The summed E-state index contributed by atoms with van der Waals surface area (Å²) < 4.78 is 0. The maximum absolute atomic E-state index is 12.6. The minimum Gasteiger partial charge on any atom is -0.481 e. The molecule has 5 atom stereocenters. The SMILES string of the molecule is N[C@@]1(C(=O)N[C@@H](Cc2ccccc2)C(=O)O)CC[C@H]2[C@H](C(=O)O)[C@H]21. The summed E-state index contributed by atoms with van der Waals surface area (Å²) in [7, 11) is 0. The van der Waals surface area contributed by atoms with E-state index < -0.39 is 41.3 Å². The number of carbonyl (C=O) groups is 3. The van der Waals surface area contributed by atoms with Gasteiger partial charge in [-0.25, -0.2) is 4.79 Å². The Morgan fingerprint density at radius 3 is 2.46 bits per heavy atom. The molecule has 2 aliphatic carbocycles. The molecule has 0 aromatic heterocycles. The number of carboxylic acid groups (broad SMARTS) is 2. The van der Waals surface area contributed by atoms with Crippen molar-refractivity contribution >= 4 is 17.8 Å². The lowest BCUT2D eigenvalue weighted by molar-refractivity contribution is -0.143. The van der Waals surface area contributed by atoms with Crippen molar-refractivity contribution in [3.8, 4) is 0 Å². The van der Waals surface area contributed by atoms with Gasteiger partial charge in [-0.3, -0.25) is 9.59 Å². The second-order valence-corrected chi connectivity index (χ2v) is 6.69. The molecule has 1 amide bonds. The molecule has 0 unspecified atom stereocenters. The van der Waals surface area contributed by atoms with Gasteiger partial charge in [0.05, 0.1) is 11.5 Å². The lowest BCUT2D eigenvalue weighted by Crippen LogP contribution is -2.58. The Hall–Kier alpha value is -2.41. The molecule has 2 saturated carbocycles. The Bertz CT molecular complexity index is 677. The Balaban J connectivity index is 1.70. The van der Waals surface area contributed by atoms with E-state index in [1.807, 2.05) is 6.07 Å². The highest BCUT2D eigenvalue weighted by atomic mass is 16.4. The first kappa shape index (κ1) is 16.4. The number of nitrogens with one attached hydrogen (secondary N) is 1. The maximum atomic E-state index is 12.6. The lowest BCUT2D eigenvalue weighted by Gasteiger charge is -2.27. The average molecular weight is 332 g/mol. The van der Waals surface area contributed by atoms with Crippen LogP contribution in [0.25, 0.3) is 0 Å². The molecule has 0 spiro atoms. The first-order valence-corrected chi connectivity index (χ1v) is 7.94. The van der Waals surface area contributed by atoms with Crippen molar-refractivity contribution in [3.05, 3.63) is 35.9 Å². The zero-order valence-corrected chi connectivity index (χ0v) is 13.0. The Morgan fingerprint density at radius 2 is 1.92 bits per heavy atom. The van der Waals surface area contributed by atoms with E-state index in [0.29, 0.717) is 12.8 Å². The fraction of sp³-hybridized carbons (Fsp3) is 0.471. The lowest BCUT2D eigenvalue weighted by atomic mass is 9.90. The first-order chi connectivity index (χ1) is 11.3. The number of hydrogen-bond acceptors (Lipinski definition) is 4. The molecule has 0 radical (unpaired) electrons. The summed E-state index contributed by atoms with van der Waals surface area (Å²) in [6.07, 6.45) is 1.12. The van der Waals surface area contributed by atoms with Gasteiger partial charge >= 0.3 is 11.9 Å². The average Bonchev–Trinajstić information content (AvgIpc) is 3.19. The van der Waals surface area contributed by atoms with Gasteiger partial charge < -0.3 is 21.3 Å². The molecule has 0 aliphatic heterocycles. The van der Waals surface area contributed by atoms with Gasteiger partial charge in [0.2, 0.25) is 5.91 Å². The third-order valence-corrected chi connectivity index (χ3v) is 5.25. The minimum atomic E-state index is -1.29. The molecule has 1 aromatic rings. The molecule has 0 bridgehead atoms. The molecular formula is C17H20N2O5. The van der Waals surface area contributed by atoms with Crippen LogP contribution in [0.5, 0.6) is 0 Å². The van der Waals surface area contributed by atoms with Crippen LogP contribution in [0.1, 0.15) is 18.4 Å². The van der Waals surface area contributed by atoms with Gasteiger partial charge in [-0.2, -0.15) is 0 Å². The molecule has 128 valence electrons. The summed E-state index contributed by atoms with van der Waals surface area (Å²) in [5.74, 6) is -3.71. The summed E-state index contributed by atoms with van der Waals surface area (Å²) in [5, 5.41) is 21.0. The topological polar surface area (TPSA) is 130 Å². The maximum Gasteiger partial charge on any atom is 0.326 e. The number of nitrogens with two attached hydrogens (primary N) is 1. The van der Waals surface area contributed by atoms with E-state index in [1.54, 1.807) is 24.3 Å². The molecule has 2 aliphatic rings. The molecule has 5 N–H and O–H groups in total. The van der Waals surface area contributed by atoms with Crippen LogP contribution in [0.15, 0.2) is 30.3 Å². The number of rotatable bonds is 6. The Labute approximate surface area is 138 Å². The van der Waals surface area contributed by atoms with E-state index in [2.05, 4.69) is 5.32 Å². The molecular weight excluding hydrogens is 312 g/mol. The van der Waals surface area contributed by atoms with E-state index in [4.69, 9.17) is 10.8 Å². The van der Waals surface area contributed by atoms with Crippen LogP contribution in [-0.2, 0) is 20.8 Å². The molecule has 7 nitrogen and oxygen atoms in total. The molecule has 24 heavy (non-hydrogen) atoms. The fourth-order valence-corrected chi connectivity index (χ4v) is 3.95. The number of fused-ring (bicyclic) bond motifs is 1. The highest BCUT2D eigenvalue weighted by molar-refractivity contribution is 5.93. The van der Waals surface area contributed by atoms with Crippen LogP contribution in [0, 0.1) is 17.8 Å². The quantitative estimate of drug-likeness (QED) is 0.590. The van der Waals surface area contributed by atoms with E-state index in [0.717, 1.165) is 5.56 Å². The second-order valence-electron chi connectivity index (χ2n) is 6.69. The monoisotopic (exact) mass is 332 g/mol. The molecule has 1 aromatic carbocycles. The molecule has 3 rings (SSSR count). The summed E-state index contributed by atoms with van der Waals surface area (Å²) in [6.45, 7) is 0. The normalized spacial score (nSPS) is 31.8. The number of carbonyl (C=O) groups excluding carboxylic acids is 1. The van der Waals surface area contributed by atoms with Crippen molar-refractivity contribution < 1.29 is 24.6 Å². The zero-order chi connectivity index (χ0) is 17.5. The Morgan fingerprint density at radius 1 is 1.25 bits per heavy atom. The van der Waals surface area contributed by atoms with Gasteiger partial charge in [-0.1, -0.05) is 30.3 Å². The third kappa shape index (κ3) is 2.75. The van der Waals surface area contributed by atoms with Gasteiger partial charge in [0.1, 0.15) is 6.04 Å². The van der Waals surface area contributed by atoms with Crippen LogP contribution >= 0.6 is 0 Å². The zero-order valence-electron chi connectivity index (χ0n) is 13.0. The standard InChI is InChI=1S/C17H20N2O5/c18-17(7-6-10-12(13(10)17)15(22)23)16(24)19-11(14(20)21)8-9-4-2-1-3-5-9/h1-5,10-13H,6-8,18H2,(H,19,24)(H,20,21)(H,22,23)/t10-,11-,12-,13-,17-/m0/s1. The first-order valence-electron chi connectivity index (χ1n) is 7.94. The predicted molar refractivity (Wildman–Crippen MR) is 84.0 cm³/mol. The van der Waals surface area contributed by atoms with Crippen molar-refractivity contribution in [3.63, 3.8) is 0 Å². The van der Waals surface area contributed by atoms with Crippen molar-refractivity contribution in [2.75, 3.05) is 0 Å². The van der Waals surface area contributed by atoms with Crippen molar-refractivity contribution in [2.24, 2.45) is 23.5 Å². The van der Waals surface area contributed by atoms with Crippen LogP contribution in [0.4, 0.5) is 0 Å². The molecule has 7 heteroatoms. The highest BCUT2D eigenvalue weighted by Crippen LogP contribution is 2.61. The number of carboxylic acids is 2. The minimum absolute atomic E-state index is 0.0735. The highest BCUT2D eigenvalue weighted by Gasteiger charge is 2.69. The van der Waals surface area contributed by atoms with Crippen LogP contribution in [-0.4, -0.2) is 39.6 Å². The van der Waals surface area contributed by atoms with Crippen molar-refractivity contribution in [2.45, 2.75) is 30.8 Å². The summed E-state index contributed by atoms with van der Waals surface area (Å²) in [5.41, 5.74) is 5.68. The van der Waals surface area contributed by atoms with Gasteiger partial charge in [-0.15, -0.1) is 0 Å². The fourth-order valence-electron chi connectivity index (χ4n) is 3.95. The molecule has 0 heterocycles. The van der Waals surface area contributed by atoms with Crippen molar-refractivity contribution in [1.82, 2.24) is 5.32 Å². The smallest absolute Gasteiger partial charge is 0.326 e.